The average molecular weight is 508 g/mol. The minimum Gasteiger partial charge on any atom is -0.330 e. The van der Waals surface area contributed by atoms with E-state index in [0.29, 0.717) is 37.3 Å². The van der Waals surface area contributed by atoms with Crippen LogP contribution in [0, 0.1) is 0 Å². The van der Waals surface area contributed by atoms with Gasteiger partial charge in [0.15, 0.2) is 9.84 Å². The van der Waals surface area contributed by atoms with Crippen LogP contribution in [0.3, 0.4) is 0 Å². The summed E-state index contributed by atoms with van der Waals surface area (Å²) in [5.74, 6) is -0.222. The van der Waals surface area contributed by atoms with E-state index < -0.39 is 19.9 Å². The van der Waals surface area contributed by atoms with Gasteiger partial charge >= 0.3 is 0 Å². The van der Waals surface area contributed by atoms with Gasteiger partial charge in [-0.05, 0) is 61.7 Å². The molecule has 0 radical (unpaired) electrons. The molecule has 186 valence electrons. The maximum atomic E-state index is 13.4. The standard InChI is InChI=1S/C24H33N3O5S2/c1-26(33(2,29)30)23-11-7-6-10-21(23)24(28)27-16-14-19-18-20(12-13-22(19)27)34(31,32)17-9-5-3-4-8-15-25/h6-7,10-13,18H,3-5,8-9,14-17,25H2,1-2H3. The molecule has 0 saturated heterocycles. The lowest BCUT2D eigenvalue weighted by Gasteiger charge is -2.23. The third-order valence-electron chi connectivity index (χ3n) is 6.14. The molecule has 8 nitrogen and oxygen atoms in total. The fourth-order valence-electron chi connectivity index (χ4n) is 4.12. The third-order valence-corrected chi connectivity index (χ3v) is 9.13. The normalized spacial score (nSPS) is 13.7. The van der Waals surface area contributed by atoms with Crippen molar-refractivity contribution in [3.8, 4) is 0 Å². The number of unbranched alkanes of at least 4 members (excludes halogenated alkanes) is 4. The number of sulfone groups is 1. The van der Waals surface area contributed by atoms with Gasteiger partial charge in [0.2, 0.25) is 10.0 Å². The molecular weight excluding hydrogens is 474 g/mol. The maximum Gasteiger partial charge on any atom is 0.260 e. The van der Waals surface area contributed by atoms with Crippen LogP contribution < -0.4 is 14.9 Å². The highest BCUT2D eigenvalue weighted by molar-refractivity contribution is 7.92. The topological polar surface area (TPSA) is 118 Å². The number of anilines is 2. The second-order valence-electron chi connectivity index (χ2n) is 8.62. The van der Waals surface area contributed by atoms with Gasteiger partial charge in [0, 0.05) is 19.3 Å². The summed E-state index contributed by atoms with van der Waals surface area (Å²) in [5, 5.41) is 0. The lowest BCUT2D eigenvalue weighted by molar-refractivity contribution is 0.0990. The molecule has 0 fully saturated rings. The number of nitrogens with zero attached hydrogens (tertiary/aromatic N) is 2. The highest BCUT2D eigenvalue weighted by Gasteiger charge is 2.30. The van der Waals surface area contributed by atoms with Crippen molar-refractivity contribution in [1.82, 2.24) is 0 Å². The molecule has 34 heavy (non-hydrogen) atoms. The summed E-state index contributed by atoms with van der Waals surface area (Å²) in [6.07, 6.45) is 6.04. The predicted octanol–water partition coefficient (Wildman–Crippen LogP) is 2.97. The summed E-state index contributed by atoms with van der Waals surface area (Å²) in [7, 11) is -5.53. The molecule has 1 heterocycles. The van der Waals surface area contributed by atoms with E-state index in [4.69, 9.17) is 5.73 Å². The van der Waals surface area contributed by atoms with Crippen LogP contribution in [0.4, 0.5) is 11.4 Å². The molecule has 0 aliphatic carbocycles. The van der Waals surface area contributed by atoms with Gasteiger partial charge in [-0.25, -0.2) is 16.8 Å². The Morgan fingerprint density at radius 1 is 1.00 bits per heavy atom. The molecule has 0 spiro atoms. The highest BCUT2D eigenvalue weighted by Crippen LogP contribution is 2.33. The molecular formula is C24H33N3O5S2. The van der Waals surface area contributed by atoms with E-state index >= 15 is 0 Å². The number of hydrogen-bond donors (Lipinski definition) is 1. The van der Waals surface area contributed by atoms with E-state index in [1.165, 1.54) is 7.05 Å². The Morgan fingerprint density at radius 2 is 1.68 bits per heavy atom. The SMILES string of the molecule is CN(c1ccccc1C(=O)N1CCc2cc(S(=O)(=O)CCCCCCCN)ccc21)S(C)(=O)=O. The summed E-state index contributed by atoms with van der Waals surface area (Å²) in [6, 6.07) is 11.5. The summed E-state index contributed by atoms with van der Waals surface area (Å²) >= 11 is 0. The molecule has 0 aromatic heterocycles. The van der Waals surface area contributed by atoms with Crippen molar-refractivity contribution in [2.24, 2.45) is 5.73 Å². The maximum absolute atomic E-state index is 13.4. The minimum atomic E-state index is -3.54. The number of benzene rings is 2. The number of para-hydroxylation sites is 1. The Bertz CT molecular complexity index is 1240. The molecule has 2 aromatic carbocycles. The number of carbonyl (C=O) groups excluding carboxylic acids is 1. The van der Waals surface area contributed by atoms with E-state index in [2.05, 4.69) is 0 Å². The molecule has 10 heteroatoms. The number of hydrogen-bond acceptors (Lipinski definition) is 6. The second-order valence-corrected chi connectivity index (χ2v) is 12.7. The molecule has 0 unspecified atom stereocenters. The van der Waals surface area contributed by atoms with Crippen molar-refractivity contribution in [1.29, 1.82) is 0 Å². The monoisotopic (exact) mass is 507 g/mol. The van der Waals surface area contributed by atoms with Crippen LogP contribution in [0.25, 0.3) is 0 Å². The van der Waals surface area contributed by atoms with Crippen molar-refractivity contribution in [3.05, 3.63) is 53.6 Å². The summed E-state index contributed by atoms with van der Waals surface area (Å²) < 4.78 is 50.8. The number of nitrogens with two attached hydrogens (primary N) is 1. The molecule has 1 amide bonds. The lowest BCUT2D eigenvalue weighted by Crippen LogP contribution is -2.32. The first-order valence-electron chi connectivity index (χ1n) is 11.5. The number of carbonyl (C=O) groups is 1. The van der Waals surface area contributed by atoms with Crippen LogP contribution in [0.15, 0.2) is 47.4 Å². The fraction of sp³-hybridized carbons (Fsp3) is 0.458. The molecule has 2 N–H and O–H groups in total. The number of rotatable bonds is 11. The summed E-state index contributed by atoms with van der Waals surface area (Å²) in [5.41, 5.74) is 7.51. The zero-order chi connectivity index (χ0) is 24.9. The van der Waals surface area contributed by atoms with E-state index in [-0.39, 0.29) is 22.1 Å². The van der Waals surface area contributed by atoms with Crippen molar-refractivity contribution in [2.75, 3.05) is 41.4 Å². The molecule has 3 rings (SSSR count). The Balaban J connectivity index is 1.77. The van der Waals surface area contributed by atoms with Gasteiger partial charge in [0.25, 0.3) is 5.91 Å². The van der Waals surface area contributed by atoms with Gasteiger partial charge in [-0.15, -0.1) is 0 Å². The largest absolute Gasteiger partial charge is 0.330 e. The Kier molecular flexibility index (Phi) is 8.38. The molecule has 0 bridgehead atoms. The van der Waals surface area contributed by atoms with Crippen LogP contribution in [0.2, 0.25) is 0 Å². The van der Waals surface area contributed by atoms with E-state index in [1.807, 2.05) is 0 Å². The van der Waals surface area contributed by atoms with Crippen LogP contribution in [-0.2, 0) is 26.3 Å². The quantitative estimate of drug-likeness (QED) is 0.467. The van der Waals surface area contributed by atoms with Gasteiger partial charge in [-0.3, -0.25) is 9.10 Å². The van der Waals surface area contributed by atoms with Crippen molar-refractivity contribution in [2.45, 2.75) is 43.4 Å². The summed E-state index contributed by atoms with van der Waals surface area (Å²) in [6.45, 7) is 1.06. The van der Waals surface area contributed by atoms with Crippen LogP contribution in [-0.4, -0.2) is 54.9 Å². The molecule has 2 aromatic rings. The fourth-order valence-corrected chi connectivity index (χ4v) is 6.05. The first kappa shape index (κ1) is 26.2. The van der Waals surface area contributed by atoms with E-state index in [9.17, 15) is 21.6 Å². The van der Waals surface area contributed by atoms with Crippen LogP contribution >= 0.6 is 0 Å². The van der Waals surface area contributed by atoms with Gasteiger partial charge in [-0.1, -0.05) is 31.4 Å². The molecule has 0 saturated carbocycles. The Morgan fingerprint density at radius 3 is 2.38 bits per heavy atom. The predicted molar refractivity (Wildman–Crippen MR) is 136 cm³/mol. The zero-order valence-corrected chi connectivity index (χ0v) is 21.4. The van der Waals surface area contributed by atoms with Crippen LogP contribution in [0.1, 0.15) is 48.0 Å². The van der Waals surface area contributed by atoms with Gasteiger partial charge in [-0.2, -0.15) is 0 Å². The molecule has 1 aliphatic rings. The van der Waals surface area contributed by atoms with Crippen LogP contribution in [0.5, 0.6) is 0 Å². The minimum absolute atomic E-state index is 0.0995. The first-order valence-corrected chi connectivity index (χ1v) is 15.0. The Labute approximate surface area is 202 Å². The van der Waals surface area contributed by atoms with Crippen molar-refractivity contribution >= 4 is 37.1 Å². The number of fused-ring (bicyclic) bond motifs is 1. The van der Waals surface area contributed by atoms with Gasteiger partial charge in [0.05, 0.1) is 28.2 Å². The zero-order valence-electron chi connectivity index (χ0n) is 19.7. The number of amides is 1. The average Bonchev–Trinajstić information content (AvgIpc) is 3.23. The smallest absolute Gasteiger partial charge is 0.260 e. The molecule has 0 atom stereocenters. The van der Waals surface area contributed by atoms with E-state index in [0.717, 1.165) is 41.8 Å². The van der Waals surface area contributed by atoms with Gasteiger partial charge in [0.1, 0.15) is 0 Å². The third kappa shape index (κ3) is 5.97. The Hall–Kier alpha value is -2.43. The lowest BCUT2D eigenvalue weighted by atomic mass is 10.1. The number of sulfonamides is 1. The molecule has 1 aliphatic heterocycles. The highest BCUT2D eigenvalue weighted by atomic mass is 32.2. The summed E-state index contributed by atoms with van der Waals surface area (Å²) in [4.78, 5) is 15.2. The van der Waals surface area contributed by atoms with E-state index in [1.54, 1.807) is 47.4 Å². The van der Waals surface area contributed by atoms with Crippen molar-refractivity contribution in [3.63, 3.8) is 0 Å². The van der Waals surface area contributed by atoms with Gasteiger partial charge < -0.3 is 10.6 Å². The first-order chi connectivity index (χ1) is 16.1. The van der Waals surface area contributed by atoms with Crippen molar-refractivity contribution < 1.29 is 21.6 Å². The second kappa shape index (κ2) is 10.9.